The molecule has 2 aliphatic carbocycles. The number of benzene rings is 1. The quantitative estimate of drug-likeness (QED) is 0.634. The van der Waals surface area contributed by atoms with Gasteiger partial charge in [0.2, 0.25) is 5.91 Å². The van der Waals surface area contributed by atoms with Crippen LogP contribution in [0.25, 0.3) is 0 Å². The molecule has 1 aromatic carbocycles. The smallest absolute Gasteiger partial charge is 0.416 e. The minimum atomic E-state index is -4.36. The fourth-order valence-corrected chi connectivity index (χ4v) is 3.84. The molecule has 1 N–H and O–H groups in total. The van der Waals surface area contributed by atoms with Crippen LogP contribution in [0, 0.1) is 11.3 Å². The molecule has 1 aromatic heterocycles. The number of nitrogens with one attached hydrogen (secondary N) is 1. The maximum atomic E-state index is 12.8. The molecule has 2 aliphatic rings. The summed E-state index contributed by atoms with van der Waals surface area (Å²) in [7, 11) is 0. The predicted octanol–water partition coefficient (Wildman–Crippen LogP) is 5.43. The number of halogens is 3. The van der Waals surface area contributed by atoms with Crippen LogP contribution >= 0.6 is 0 Å². The third kappa shape index (κ3) is 4.70. The van der Waals surface area contributed by atoms with E-state index in [4.69, 9.17) is 4.74 Å². The normalized spacial score (nSPS) is 24.9. The number of pyridine rings is 1. The van der Waals surface area contributed by atoms with Crippen LogP contribution < -0.4 is 10.1 Å². The van der Waals surface area contributed by atoms with Gasteiger partial charge in [0.05, 0.1) is 30.1 Å². The summed E-state index contributed by atoms with van der Waals surface area (Å²) in [4.78, 5) is 17.2. The van der Waals surface area contributed by atoms with Gasteiger partial charge in [-0.25, -0.2) is 0 Å². The molecule has 31 heavy (non-hydrogen) atoms. The van der Waals surface area contributed by atoms with Crippen LogP contribution in [-0.2, 0) is 16.4 Å². The molecule has 1 amide bonds. The summed E-state index contributed by atoms with van der Waals surface area (Å²) in [6, 6.07) is 8.53. The minimum Gasteiger partial charge on any atom is -0.491 e. The van der Waals surface area contributed by atoms with Gasteiger partial charge in [-0.1, -0.05) is 26.0 Å². The van der Waals surface area contributed by atoms with Gasteiger partial charge in [0.1, 0.15) is 5.75 Å². The summed E-state index contributed by atoms with van der Waals surface area (Å²) in [5.41, 5.74) is 0.648. The standard InChI is InChI=1S/C24H27F3N2O2/c1-15(20-9-8-18(13-28-20)31-14-22(2)10-11-22)29-21(30)19-12-23(19,3)16-4-6-17(7-5-16)24(25,26)27/h4-9,13,15,19H,10-12,14H2,1-3H3,(H,29,30)/t15-,19?,23-/m1/s1. The van der Waals surface area contributed by atoms with E-state index >= 15 is 0 Å². The number of ether oxygens (including phenoxy) is 1. The molecule has 3 atom stereocenters. The molecular weight excluding hydrogens is 405 g/mol. The van der Waals surface area contributed by atoms with Gasteiger partial charge in [0, 0.05) is 16.7 Å². The lowest BCUT2D eigenvalue weighted by atomic mass is 9.94. The Morgan fingerprint density at radius 3 is 2.42 bits per heavy atom. The highest BCUT2D eigenvalue weighted by molar-refractivity contribution is 5.84. The number of nitrogens with zero attached hydrogens (tertiary/aromatic N) is 1. The van der Waals surface area contributed by atoms with Crippen LogP contribution in [0.4, 0.5) is 13.2 Å². The number of carbonyl (C=O) groups is 1. The van der Waals surface area contributed by atoms with E-state index < -0.39 is 17.2 Å². The summed E-state index contributed by atoms with van der Waals surface area (Å²) in [6.45, 7) is 6.66. The molecular formula is C24H27F3N2O2. The third-order valence-electron chi connectivity index (χ3n) is 6.68. The van der Waals surface area contributed by atoms with Gasteiger partial charge in [-0.2, -0.15) is 13.2 Å². The lowest BCUT2D eigenvalue weighted by molar-refractivity contribution is -0.137. The van der Waals surface area contributed by atoms with E-state index in [0.29, 0.717) is 24.2 Å². The van der Waals surface area contributed by atoms with Crippen molar-refractivity contribution >= 4 is 5.91 Å². The molecule has 166 valence electrons. The first-order valence-corrected chi connectivity index (χ1v) is 10.6. The van der Waals surface area contributed by atoms with Crippen molar-refractivity contribution in [2.24, 2.45) is 11.3 Å². The molecule has 0 radical (unpaired) electrons. The molecule has 0 saturated heterocycles. The highest BCUT2D eigenvalue weighted by Gasteiger charge is 2.55. The first-order valence-electron chi connectivity index (χ1n) is 10.6. The second kappa shape index (κ2) is 7.53. The first-order chi connectivity index (χ1) is 14.5. The molecule has 2 saturated carbocycles. The average molecular weight is 432 g/mol. The molecule has 0 aliphatic heterocycles. The zero-order valence-electron chi connectivity index (χ0n) is 17.9. The maximum absolute atomic E-state index is 12.8. The predicted molar refractivity (Wildman–Crippen MR) is 111 cm³/mol. The molecule has 0 spiro atoms. The zero-order chi connectivity index (χ0) is 22.4. The van der Waals surface area contributed by atoms with E-state index in [9.17, 15) is 18.0 Å². The molecule has 4 nitrogen and oxygen atoms in total. The van der Waals surface area contributed by atoms with Crippen molar-refractivity contribution in [1.29, 1.82) is 0 Å². The van der Waals surface area contributed by atoms with Gasteiger partial charge in [-0.15, -0.1) is 0 Å². The second-order valence-corrected chi connectivity index (χ2v) is 9.50. The van der Waals surface area contributed by atoms with E-state index in [-0.39, 0.29) is 17.9 Å². The number of amides is 1. The number of hydrogen-bond acceptors (Lipinski definition) is 3. The first kappa shape index (κ1) is 21.7. The van der Waals surface area contributed by atoms with E-state index in [1.807, 2.05) is 26.0 Å². The number of carbonyl (C=O) groups excluding carboxylic acids is 1. The van der Waals surface area contributed by atoms with E-state index in [1.165, 1.54) is 25.0 Å². The Bertz CT molecular complexity index is 952. The Kier molecular flexibility index (Phi) is 5.26. The summed E-state index contributed by atoms with van der Waals surface area (Å²) >= 11 is 0. The number of aromatic nitrogens is 1. The van der Waals surface area contributed by atoms with E-state index in [2.05, 4.69) is 17.2 Å². The summed E-state index contributed by atoms with van der Waals surface area (Å²) < 4.78 is 44.1. The Balaban J connectivity index is 1.33. The second-order valence-electron chi connectivity index (χ2n) is 9.50. The minimum absolute atomic E-state index is 0.112. The highest BCUT2D eigenvalue weighted by atomic mass is 19.4. The molecule has 2 aromatic rings. The molecule has 2 fully saturated rings. The number of rotatable bonds is 7. The Morgan fingerprint density at radius 2 is 1.87 bits per heavy atom. The highest BCUT2D eigenvalue weighted by Crippen LogP contribution is 2.54. The van der Waals surface area contributed by atoms with E-state index in [1.54, 1.807) is 6.20 Å². The Labute approximate surface area is 180 Å². The van der Waals surface area contributed by atoms with Crippen molar-refractivity contribution in [3.63, 3.8) is 0 Å². The lowest BCUT2D eigenvalue weighted by Crippen LogP contribution is -2.30. The van der Waals surface area contributed by atoms with Crippen LogP contribution in [0.2, 0.25) is 0 Å². The average Bonchev–Trinajstić information content (AvgIpc) is 3.64. The SMILES string of the molecule is C[C@@H](NC(=O)C1C[C@]1(C)c1ccc(C(F)(F)F)cc1)c1ccc(OCC2(C)CC2)cn1. The number of alkyl halides is 3. The van der Waals surface area contributed by atoms with Crippen molar-refractivity contribution in [3.05, 3.63) is 59.4 Å². The van der Waals surface area contributed by atoms with Crippen LogP contribution in [0.3, 0.4) is 0 Å². The van der Waals surface area contributed by atoms with Crippen molar-refractivity contribution in [1.82, 2.24) is 10.3 Å². The molecule has 1 unspecified atom stereocenters. The Morgan fingerprint density at radius 1 is 1.19 bits per heavy atom. The van der Waals surface area contributed by atoms with Gasteiger partial charge in [-0.3, -0.25) is 9.78 Å². The van der Waals surface area contributed by atoms with Crippen molar-refractivity contribution in [2.45, 2.75) is 57.7 Å². The third-order valence-corrected chi connectivity index (χ3v) is 6.68. The van der Waals surface area contributed by atoms with E-state index in [0.717, 1.165) is 23.4 Å². The summed E-state index contributed by atoms with van der Waals surface area (Å²) in [5, 5.41) is 2.98. The largest absolute Gasteiger partial charge is 0.491 e. The van der Waals surface area contributed by atoms with Crippen LogP contribution in [0.1, 0.15) is 62.9 Å². The maximum Gasteiger partial charge on any atom is 0.416 e. The van der Waals surface area contributed by atoms with Crippen LogP contribution in [-0.4, -0.2) is 17.5 Å². The van der Waals surface area contributed by atoms with Gasteiger partial charge in [-0.05, 0) is 56.0 Å². The summed E-state index contributed by atoms with van der Waals surface area (Å²) in [5.74, 6) is 0.333. The zero-order valence-corrected chi connectivity index (χ0v) is 17.9. The molecule has 4 rings (SSSR count). The van der Waals surface area contributed by atoms with Gasteiger partial charge < -0.3 is 10.1 Å². The lowest BCUT2D eigenvalue weighted by Gasteiger charge is -2.17. The van der Waals surface area contributed by atoms with Gasteiger partial charge in [0.25, 0.3) is 0 Å². The van der Waals surface area contributed by atoms with Gasteiger partial charge in [0.15, 0.2) is 0 Å². The summed E-state index contributed by atoms with van der Waals surface area (Å²) in [6.07, 6.45) is 0.296. The fourth-order valence-electron chi connectivity index (χ4n) is 3.84. The van der Waals surface area contributed by atoms with Crippen molar-refractivity contribution in [3.8, 4) is 5.75 Å². The Hall–Kier alpha value is -2.57. The topological polar surface area (TPSA) is 51.2 Å². The van der Waals surface area contributed by atoms with Crippen LogP contribution in [0.15, 0.2) is 42.6 Å². The fraction of sp³-hybridized carbons (Fsp3) is 0.500. The monoisotopic (exact) mass is 432 g/mol. The van der Waals surface area contributed by atoms with Gasteiger partial charge >= 0.3 is 6.18 Å². The molecule has 7 heteroatoms. The van der Waals surface area contributed by atoms with Crippen LogP contribution in [0.5, 0.6) is 5.75 Å². The molecule has 0 bridgehead atoms. The molecule has 1 heterocycles. The van der Waals surface area contributed by atoms with Crippen molar-refractivity contribution in [2.75, 3.05) is 6.61 Å². The van der Waals surface area contributed by atoms with Crippen molar-refractivity contribution < 1.29 is 22.7 Å². The number of hydrogen-bond donors (Lipinski definition) is 1.